The number of carbonyl (C=O) groups is 1. The van der Waals surface area contributed by atoms with Crippen molar-refractivity contribution in [3.63, 3.8) is 0 Å². The maximum absolute atomic E-state index is 13.8. The number of hydrogen-bond acceptors (Lipinski definition) is 4. The Bertz CT molecular complexity index is 673. The van der Waals surface area contributed by atoms with Crippen LogP contribution in [-0.4, -0.2) is 18.2 Å². The smallest absolute Gasteiger partial charge is 0.339 e. The third kappa shape index (κ3) is 3.42. The molecule has 3 N–H and O–H groups in total. The number of carboxylic acids is 1. The number of anilines is 1. The number of halogens is 1. The van der Waals surface area contributed by atoms with Crippen molar-refractivity contribution < 1.29 is 23.8 Å². The van der Waals surface area contributed by atoms with Crippen molar-refractivity contribution in [2.45, 2.75) is 6.61 Å². The van der Waals surface area contributed by atoms with E-state index in [2.05, 4.69) is 0 Å². The Hall–Kier alpha value is -2.76. The summed E-state index contributed by atoms with van der Waals surface area (Å²) in [5, 5.41) is 9.08. The zero-order valence-electron chi connectivity index (χ0n) is 11.3. The number of benzene rings is 2. The van der Waals surface area contributed by atoms with Crippen molar-refractivity contribution in [3.8, 4) is 11.5 Å². The maximum atomic E-state index is 13.8. The molecular weight excluding hydrogens is 277 g/mol. The number of nitrogen functional groups attached to an aromatic ring is 1. The lowest BCUT2D eigenvalue weighted by atomic mass is 10.1. The van der Waals surface area contributed by atoms with Gasteiger partial charge in [-0.3, -0.25) is 0 Å². The Morgan fingerprint density at radius 1 is 1.29 bits per heavy atom. The molecule has 6 heteroatoms. The molecule has 0 amide bonds. The van der Waals surface area contributed by atoms with Crippen LogP contribution >= 0.6 is 0 Å². The van der Waals surface area contributed by atoms with Gasteiger partial charge in [0.05, 0.1) is 7.11 Å². The lowest BCUT2D eigenvalue weighted by Gasteiger charge is -2.11. The number of hydrogen-bond donors (Lipinski definition) is 2. The minimum atomic E-state index is -1.16. The second-order valence-electron chi connectivity index (χ2n) is 4.31. The average molecular weight is 291 g/mol. The summed E-state index contributed by atoms with van der Waals surface area (Å²) in [4.78, 5) is 11.1. The molecule has 0 fully saturated rings. The van der Waals surface area contributed by atoms with Crippen LogP contribution in [-0.2, 0) is 6.61 Å². The van der Waals surface area contributed by atoms with Gasteiger partial charge in [-0.2, -0.15) is 0 Å². The Balaban J connectivity index is 2.18. The van der Waals surface area contributed by atoms with Crippen molar-refractivity contribution in [2.75, 3.05) is 12.8 Å². The topological polar surface area (TPSA) is 81.8 Å². The highest BCUT2D eigenvalue weighted by Gasteiger charge is 2.13. The molecule has 0 aliphatic rings. The molecule has 2 rings (SSSR count). The highest BCUT2D eigenvalue weighted by molar-refractivity contribution is 5.92. The number of aromatic carboxylic acids is 1. The van der Waals surface area contributed by atoms with E-state index in [9.17, 15) is 9.18 Å². The standard InChI is InChI=1S/C15H14FNO4/c1-20-11-4-2-9(13(16)7-11)8-21-14-5-3-10(17)6-12(14)15(18)19/h2-7H,8,17H2,1H3,(H,18,19). The molecule has 0 saturated heterocycles. The van der Waals surface area contributed by atoms with Crippen molar-refractivity contribution in [1.29, 1.82) is 0 Å². The maximum Gasteiger partial charge on any atom is 0.339 e. The van der Waals surface area contributed by atoms with E-state index in [1.807, 2.05) is 0 Å². The molecule has 0 unspecified atom stereocenters. The lowest BCUT2D eigenvalue weighted by Crippen LogP contribution is -2.05. The van der Waals surface area contributed by atoms with Crippen LogP contribution in [0.4, 0.5) is 10.1 Å². The molecule has 2 aromatic carbocycles. The summed E-state index contributed by atoms with van der Waals surface area (Å²) >= 11 is 0. The molecule has 2 aromatic rings. The van der Waals surface area contributed by atoms with Crippen LogP contribution in [0.5, 0.6) is 11.5 Å². The fourth-order valence-corrected chi connectivity index (χ4v) is 1.77. The first kappa shape index (κ1) is 14.6. The van der Waals surface area contributed by atoms with E-state index in [0.717, 1.165) is 0 Å². The molecule has 0 aliphatic heterocycles. The van der Waals surface area contributed by atoms with Crippen molar-refractivity contribution >= 4 is 11.7 Å². The normalized spacial score (nSPS) is 10.2. The second kappa shape index (κ2) is 6.13. The van der Waals surface area contributed by atoms with Crippen molar-refractivity contribution in [3.05, 3.63) is 53.3 Å². The molecule has 0 radical (unpaired) electrons. The minimum absolute atomic E-state index is 0.0658. The van der Waals surface area contributed by atoms with Crippen LogP contribution in [0, 0.1) is 5.82 Å². The summed E-state index contributed by atoms with van der Waals surface area (Å²) in [5.74, 6) is -1.11. The average Bonchev–Trinajstić information content (AvgIpc) is 2.46. The van der Waals surface area contributed by atoms with E-state index in [-0.39, 0.29) is 17.9 Å². The molecule has 0 heterocycles. The summed E-state index contributed by atoms with van der Waals surface area (Å²) in [6, 6.07) is 8.61. The molecule has 0 aliphatic carbocycles. The second-order valence-corrected chi connectivity index (χ2v) is 4.31. The Kier molecular flexibility index (Phi) is 4.27. The summed E-state index contributed by atoms with van der Waals surface area (Å²) < 4.78 is 24.0. The van der Waals surface area contributed by atoms with Gasteiger partial charge in [-0.05, 0) is 30.3 Å². The SMILES string of the molecule is COc1ccc(COc2ccc(N)cc2C(=O)O)c(F)c1. The van der Waals surface area contributed by atoms with E-state index in [4.69, 9.17) is 20.3 Å². The first-order chi connectivity index (χ1) is 10.0. The number of methoxy groups -OCH3 is 1. The molecule has 5 nitrogen and oxygen atoms in total. The third-order valence-corrected chi connectivity index (χ3v) is 2.88. The molecule has 0 spiro atoms. The van der Waals surface area contributed by atoms with Gasteiger partial charge in [0, 0.05) is 17.3 Å². The highest BCUT2D eigenvalue weighted by Crippen LogP contribution is 2.24. The molecule has 0 saturated carbocycles. The van der Waals surface area contributed by atoms with E-state index in [1.54, 1.807) is 6.07 Å². The first-order valence-corrected chi connectivity index (χ1v) is 6.09. The van der Waals surface area contributed by atoms with Crippen LogP contribution < -0.4 is 15.2 Å². The lowest BCUT2D eigenvalue weighted by molar-refractivity contribution is 0.0692. The number of nitrogens with two attached hydrogens (primary N) is 1. The summed E-state index contributed by atoms with van der Waals surface area (Å²) in [5.41, 5.74) is 6.08. The van der Waals surface area contributed by atoms with Gasteiger partial charge in [-0.1, -0.05) is 0 Å². The largest absolute Gasteiger partial charge is 0.497 e. The van der Waals surface area contributed by atoms with Crippen LogP contribution in [0.15, 0.2) is 36.4 Å². The Morgan fingerprint density at radius 3 is 2.67 bits per heavy atom. The highest BCUT2D eigenvalue weighted by atomic mass is 19.1. The molecule has 0 atom stereocenters. The van der Waals surface area contributed by atoms with E-state index < -0.39 is 11.8 Å². The van der Waals surface area contributed by atoms with E-state index >= 15 is 0 Å². The fourth-order valence-electron chi connectivity index (χ4n) is 1.77. The summed E-state index contributed by atoms with van der Waals surface area (Å²) in [6.07, 6.45) is 0. The van der Waals surface area contributed by atoms with Crippen LogP contribution in [0.1, 0.15) is 15.9 Å². The predicted octanol–water partition coefficient (Wildman–Crippen LogP) is 2.69. The molecule has 0 bridgehead atoms. The Morgan fingerprint density at radius 2 is 2.05 bits per heavy atom. The molecule has 21 heavy (non-hydrogen) atoms. The van der Waals surface area contributed by atoms with Gasteiger partial charge in [0.15, 0.2) is 0 Å². The Labute approximate surface area is 120 Å². The van der Waals surface area contributed by atoms with E-state index in [0.29, 0.717) is 17.0 Å². The van der Waals surface area contributed by atoms with Gasteiger partial charge in [-0.15, -0.1) is 0 Å². The molecule has 110 valence electrons. The van der Waals surface area contributed by atoms with Gasteiger partial charge >= 0.3 is 5.97 Å². The van der Waals surface area contributed by atoms with Crippen molar-refractivity contribution in [2.24, 2.45) is 0 Å². The molecule has 0 aromatic heterocycles. The third-order valence-electron chi connectivity index (χ3n) is 2.88. The van der Waals surface area contributed by atoms with Gasteiger partial charge in [0.1, 0.15) is 29.5 Å². The van der Waals surface area contributed by atoms with Crippen LogP contribution in [0.2, 0.25) is 0 Å². The van der Waals surface area contributed by atoms with Crippen molar-refractivity contribution in [1.82, 2.24) is 0 Å². The van der Waals surface area contributed by atoms with Gasteiger partial charge in [-0.25, -0.2) is 9.18 Å². The minimum Gasteiger partial charge on any atom is -0.497 e. The van der Waals surface area contributed by atoms with Crippen LogP contribution in [0.3, 0.4) is 0 Å². The number of rotatable bonds is 5. The first-order valence-electron chi connectivity index (χ1n) is 6.09. The van der Waals surface area contributed by atoms with Gasteiger partial charge < -0.3 is 20.3 Å². The summed E-state index contributed by atoms with van der Waals surface area (Å²) in [7, 11) is 1.44. The number of carboxylic acid groups (broad SMARTS) is 1. The zero-order valence-corrected chi connectivity index (χ0v) is 11.3. The predicted molar refractivity (Wildman–Crippen MR) is 75.1 cm³/mol. The summed E-state index contributed by atoms with van der Waals surface area (Å²) in [6.45, 7) is -0.0972. The van der Waals surface area contributed by atoms with E-state index in [1.165, 1.54) is 37.4 Å². The van der Waals surface area contributed by atoms with Gasteiger partial charge in [0.2, 0.25) is 0 Å². The van der Waals surface area contributed by atoms with Crippen LogP contribution in [0.25, 0.3) is 0 Å². The van der Waals surface area contributed by atoms with Gasteiger partial charge in [0.25, 0.3) is 0 Å². The monoisotopic (exact) mass is 291 g/mol. The zero-order chi connectivity index (χ0) is 15.4. The molecular formula is C15H14FNO4. The number of ether oxygens (including phenoxy) is 2. The fraction of sp³-hybridized carbons (Fsp3) is 0.133. The quantitative estimate of drug-likeness (QED) is 0.828.